The van der Waals surface area contributed by atoms with Crippen LogP contribution in [-0.4, -0.2) is 5.11 Å². The SMILES string of the molecule is CC(C#N)c1ccc(Br)cc1O. The predicted molar refractivity (Wildman–Crippen MR) is 49.8 cm³/mol. The quantitative estimate of drug-likeness (QED) is 0.799. The zero-order chi connectivity index (χ0) is 9.14. The molecule has 62 valence electrons. The van der Waals surface area contributed by atoms with Gasteiger partial charge in [0.25, 0.3) is 0 Å². The van der Waals surface area contributed by atoms with Crippen LogP contribution in [0.1, 0.15) is 18.4 Å². The third-order valence-corrected chi connectivity index (χ3v) is 2.15. The lowest BCUT2D eigenvalue weighted by Gasteiger charge is -2.05. The maximum Gasteiger partial charge on any atom is 0.121 e. The van der Waals surface area contributed by atoms with E-state index in [0.717, 1.165) is 4.47 Å². The molecule has 1 aromatic carbocycles. The Morgan fingerprint density at radius 2 is 2.25 bits per heavy atom. The Bertz CT molecular complexity index is 330. The zero-order valence-corrected chi connectivity index (χ0v) is 8.17. The molecule has 0 saturated carbocycles. The Labute approximate surface area is 79.6 Å². The monoisotopic (exact) mass is 225 g/mol. The molecule has 2 nitrogen and oxygen atoms in total. The summed E-state index contributed by atoms with van der Waals surface area (Å²) >= 11 is 3.22. The van der Waals surface area contributed by atoms with Crippen LogP contribution >= 0.6 is 15.9 Å². The second kappa shape index (κ2) is 3.59. The van der Waals surface area contributed by atoms with Crippen molar-refractivity contribution in [3.05, 3.63) is 28.2 Å². The summed E-state index contributed by atoms with van der Waals surface area (Å²) in [5, 5.41) is 18.0. The highest BCUT2D eigenvalue weighted by molar-refractivity contribution is 9.10. The van der Waals surface area contributed by atoms with Gasteiger partial charge < -0.3 is 5.11 Å². The minimum absolute atomic E-state index is 0.165. The topological polar surface area (TPSA) is 44.0 Å². The smallest absolute Gasteiger partial charge is 0.121 e. The molecule has 0 amide bonds. The molecule has 0 fully saturated rings. The van der Waals surface area contributed by atoms with Gasteiger partial charge >= 0.3 is 0 Å². The number of nitrogens with zero attached hydrogens (tertiary/aromatic N) is 1. The van der Waals surface area contributed by atoms with Crippen LogP contribution in [-0.2, 0) is 0 Å². The number of rotatable bonds is 1. The first-order chi connectivity index (χ1) is 5.65. The van der Waals surface area contributed by atoms with E-state index < -0.39 is 0 Å². The van der Waals surface area contributed by atoms with E-state index in [9.17, 15) is 5.11 Å². The van der Waals surface area contributed by atoms with E-state index in [4.69, 9.17) is 5.26 Å². The summed E-state index contributed by atoms with van der Waals surface area (Å²) in [6.45, 7) is 1.75. The summed E-state index contributed by atoms with van der Waals surface area (Å²) in [6, 6.07) is 7.20. The second-order valence-electron chi connectivity index (χ2n) is 2.55. The van der Waals surface area contributed by atoms with Crippen LogP contribution in [0.5, 0.6) is 5.75 Å². The number of aromatic hydroxyl groups is 1. The molecule has 0 aliphatic carbocycles. The van der Waals surface area contributed by atoms with Crippen LogP contribution in [0.4, 0.5) is 0 Å². The van der Waals surface area contributed by atoms with Gasteiger partial charge in [-0.2, -0.15) is 5.26 Å². The molecular weight excluding hydrogens is 218 g/mol. The summed E-state index contributed by atoms with van der Waals surface area (Å²) in [5.74, 6) is -0.100. The number of hydrogen-bond acceptors (Lipinski definition) is 2. The normalized spacial score (nSPS) is 12.1. The summed E-state index contributed by atoms with van der Waals surface area (Å²) in [5.41, 5.74) is 0.667. The van der Waals surface area contributed by atoms with Gasteiger partial charge in [0.2, 0.25) is 0 Å². The molecule has 0 radical (unpaired) electrons. The molecule has 1 rings (SSSR count). The molecule has 0 bridgehead atoms. The van der Waals surface area contributed by atoms with Crippen LogP contribution < -0.4 is 0 Å². The standard InChI is InChI=1S/C9H8BrNO/c1-6(5-11)8-3-2-7(10)4-9(8)12/h2-4,6,12H,1H3. The molecule has 0 saturated heterocycles. The van der Waals surface area contributed by atoms with E-state index in [-0.39, 0.29) is 11.7 Å². The first-order valence-corrected chi connectivity index (χ1v) is 4.32. The van der Waals surface area contributed by atoms with E-state index in [1.54, 1.807) is 19.1 Å². The van der Waals surface area contributed by atoms with Crippen molar-refractivity contribution in [1.29, 1.82) is 5.26 Å². The molecule has 1 N–H and O–H groups in total. The van der Waals surface area contributed by atoms with Gasteiger partial charge in [0.1, 0.15) is 5.75 Å². The average Bonchev–Trinajstić information content (AvgIpc) is 2.03. The van der Waals surface area contributed by atoms with Gasteiger partial charge in [-0.15, -0.1) is 0 Å². The Kier molecular flexibility index (Phi) is 2.72. The van der Waals surface area contributed by atoms with Gasteiger partial charge in [-0.25, -0.2) is 0 Å². The van der Waals surface area contributed by atoms with Gasteiger partial charge in [0.15, 0.2) is 0 Å². The zero-order valence-electron chi connectivity index (χ0n) is 6.58. The third-order valence-electron chi connectivity index (χ3n) is 1.65. The minimum atomic E-state index is -0.266. The van der Waals surface area contributed by atoms with Gasteiger partial charge in [-0.3, -0.25) is 0 Å². The van der Waals surface area contributed by atoms with Gasteiger partial charge in [-0.05, 0) is 19.1 Å². The molecule has 1 aromatic rings. The highest BCUT2D eigenvalue weighted by atomic mass is 79.9. The Balaban J connectivity index is 3.11. The molecular formula is C9H8BrNO. The number of benzene rings is 1. The highest BCUT2D eigenvalue weighted by Gasteiger charge is 2.08. The van der Waals surface area contributed by atoms with E-state index in [1.165, 1.54) is 0 Å². The molecule has 1 unspecified atom stereocenters. The van der Waals surface area contributed by atoms with Crippen molar-refractivity contribution >= 4 is 15.9 Å². The van der Waals surface area contributed by atoms with Crippen molar-refractivity contribution in [1.82, 2.24) is 0 Å². The van der Waals surface area contributed by atoms with Gasteiger partial charge in [-0.1, -0.05) is 22.0 Å². The van der Waals surface area contributed by atoms with E-state index >= 15 is 0 Å². The summed E-state index contributed by atoms with van der Waals surface area (Å²) in [6.07, 6.45) is 0. The lowest BCUT2D eigenvalue weighted by atomic mass is 10.0. The molecule has 0 spiro atoms. The maximum atomic E-state index is 9.41. The summed E-state index contributed by atoms with van der Waals surface area (Å²) in [4.78, 5) is 0. The molecule has 1 atom stereocenters. The summed E-state index contributed by atoms with van der Waals surface area (Å²) < 4.78 is 0.814. The molecule has 3 heteroatoms. The van der Waals surface area contributed by atoms with Crippen molar-refractivity contribution in [3.8, 4) is 11.8 Å². The molecule has 0 heterocycles. The fourth-order valence-corrected chi connectivity index (χ4v) is 1.30. The second-order valence-corrected chi connectivity index (χ2v) is 3.47. The fourth-order valence-electron chi connectivity index (χ4n) is 0.953. The van der Waals surface area contributed by atoms with Crippen molar-refractivity contribution in [3.63, 3.8) is 0 Å². The predicted octanol–water partition coefficient (Wildman–Crippen LogP) is 2.78. The van der Waals surface area contributed by atoms with E-state index in [1.807, 2.05) is 6.07 Å². The summed E-state index contributed by atoms with van der Waals surface area (Å²) in [7, 11) is 0. The van der Waals surface area contributed by atoms with E-state index in [0.29, 0.717) is 5.56 Å². The number of nitriles is 1. The third kappa shape index (κ3) is 1.77. The van der Waals surface area contributed by atoms with Gasteiger partial charge in [0.05, 0.1) is 12.0 Å². The average molecular weight is 226 g/mol. The van der Waals surface area contributed by atoms with Crippen LogP contribution in [0.3, 0.4) is 0 Å². The van der Waals surface area contributed by atoms with Crippen LogP contribution in [0.15, 0.2) is 22.7 Å². The lowest BCUT2D eigenvalue weighted by molar-refractivity contribution is 0.466. The molecule has 12 heavy (non-hydrogen) atoms. The van der Waals surface area contributed by atoms with Crippen molar-refractivity contribution in [2.24, 2.45) is 0 Å². The lowest BCUT2D eigenvalue weighted by Crippen LogP contribution is -1.89. The number of hydrogen-bond donors (Lipinski definition) is 1. The largest absolute Gasteiger partial charge is 0.508 e. The van der Waals surface area contributed by atoms with Gasteiger partial charge in [0, 0.05) is 10.0 Å². The fraction of sp³-hybridized carbons (Fsp3) is 0.222. The Morgan fingerprint density at radius 3 is 2.75 bits per heavy atom. The van der Waals surface area contributed by atoms with Crippen LogP contribution in [0, 0.1) is 11.3 Å². The maximum absolute atomic E-state index is 9.41. The van der Waals surface area contributed by atoms with Crippen LogP contribution in [0.25, 0.3) is 0 Å². The van der Waals surface area contributed by atoms with Crippen LogP contribution in [0.2, 0.25) is 0 Å². The number of halogens is 1. The Hall–Kier alpha value is -1.01. The first kappa shape index (κ1) is 9.08. The van der Waals surface area contributed by atoms with Crippen molar-refractivity contribution in [2.45, 2.75) is 12.8 Å². The van der Waals surface area contributed by atoms with Crippen molar-refractivity contribution in [2.75, 3.05) is 0 Å². The first-order valence-electron chi connectivity index (χ1n) is 3.53. The molecule has 0 aliphatic heterocycles. The highest BCUT2D eigenvalue weighted by Crippen LogP contribution is 2.27. The molecule has 0 aliphatic rings. The van der Waals surface area contributed by atoms with Crippen molar-refractivity contribution < 1.29 is 5.11 Å². The number of phenolic OH excluding ortho intramolecular Hbond substituents is 1. The number of phenols is 1. The minimum Gasteiger partial charge on any atom is -0.508 e. The van der Waals surface area contributed by atoms with E-state index in [2.05, 4.69) is 22.0 Å². The Morgan fingerprint density at radius 1 is 1.58 bits per heavy atom. The molecule has 0 aromatic heterocycles.